The van der Waals surface area contributed by atoms with Crippen molar-refractivity contribution in [3.8, 4) is 11.6 Å². The first kappa shape index (κ1) is 10.7. The number of hydrogen-bond donors (Lipinski definition) is 0. The summed E-state index contributed by atoms with van der Waals surface area (Å²) in [7, 11) is 0. The molecule has 16 heavy (non-hydrogen) atoms. The van der Waals surface area contributed by atoms with Gasteiger partial charge in [-0.25, -0.2) is 4.98 Å². The summed E-state index contributed by atoms with van der Waals surface area (Å²) in [6.45, 7) is 6.19. The van der Waals surface area contributed by atoms with Crippen LogP contribution in [-0.4, -0.2) is 4.98 Å². The van der Waals surface area contributed by atoms with E-state index < -0.39 is 0 Å². The largest absolute Gasteiger partial charge is 0.439 e. The van der Waals surface area contributed by atoms with E-state index in [1.54, 1.807) is 6.20 Å². The maximum absolute atomic E-state index is 5.68. The maximum atomic E-state index is 5.68. The zero-order chi connectivity index (χ0) is 11.5. The van der Waals surface area contributed by atoms with E-state index in [-0.39, 0.29) is 0 Å². The molecule has 2 rings (SSSR count). The van der Waals surface area contributed by atoms with E-state index in [2.05, 4.69) is 24.9 Å². The molecule has 1 aromatic carbocycles. The number of hydrogen-bond acceptors (Lipinski definition) is 2. The number of aromatic nitrogens is 1. The summed E-state index contributed by atoms with van der Waals surface area (Å²) in [5.41, 5.74) is 3.64. The van der Waals surface area contributed by atoms with Gasteiger partial charge >= 0.3 is 0 Å². The predicted molar refractivity (Wildman–Crippen MR) is 65.0 cm³/mol. The topological polar surface area (TPSA) is 22.1 Å². The first-order chi connectivity index (χ1) is 7.65. The Morgan fingerprint density at radius 1 is 0.938 bits per heavy atom. The molecule has 1 aromatic heterocycles. The average Bonchev–Trinajstić information content (AvgIpc) is 2.24. The van der Waals surface area contributed by atoms with Gasteiger partial charge in [0.15, 0.2) is 0 Å². The van der Waals surface area contributed by atoms with E-state index in [0.717, 1.165) is 11.3 Å². The van der Waals surface area contributed by atoms with Gasteiger partial charge in [-0.2, -0.15) is 0 Å². The SMILES string of the molecule is Cc1ccnc(Oc2ccc(C)c(C)c2)c1. The van der Waals surface area contributed by atoms with Gasteiger partial charge in [-0.15, -0.1) is 0 Å². The van der Waals surface area contributed by atoms with Crippen molar-refractivity contribution >= 4 is 0 Å². The highest BCUT2D eigenvalue weighted by Gasteiger charge is 2.00. The highest BCUT2D eigenvalue weighted by molar-refractivity contribution is 5.36. The van der Waals surface area contributed by atoms with E-state index in [1.165, 1.54) is 11.1 Å². The van der Waals surface area contributed by atoms with Crippen LogP contribution in [0, 0.1) is 20.8 Å². The van der Waals surface area contributed by atoms with Crippen LogP contribution in [0.3, 0.4) is 0 Å². The Balaban J connectivity index is 2.24. The number of ether oxygens (including phenoxy) is 1. The Hall–Kier alpha value is -1.83. The van der Waals surface area contributed by atoms with Gasteiger partial charge in [0.1, 0.15) is 5.75 Å². The smallest absolute Gasteiger partial charge is 0.219 e. The average molecular weight is 213 g/mol. The molecular weight excluding hydrogens is 198 g/mol. The van der Waals surface area contributed by atoms with Gasteiger partial charge in [0, 0.05) is 12.3 Å². The van der Waals surface area contributed by atoms with Crippen LogP contribution in [0.5, 0.6) is 11.6 Å². The van der Waals surface area contributed by atoms with Gasteiger partial charge in [-0.1, -0.05) is 6.07 Å². The maximum Gasteiger partial charge on any atom is 0.219 e. The normalized spacial score (nSPS) is 10.2. The summed E-state index contributed by atoms with van der Waals surface area (Å²) < 4.78 is 5.68. The summed E-state index contributed by atoms with van der Waals surface area (Å²) in [4.78, 5) is 4.16. The molecule has 0 radical (unpaired) electrons. The lowest BCUT2D eigenvalue weighted by molar-refractivity contribution is 0.462. The minimum Gasteiger partial charge on any atom is -0.439 e. The van der Waals surface area contributed by atoms with Crippen molar-refractivity contribution in [1.29, 1.82) is 0 Å². The fourth-order valence-corrected chi connectivity index (χ4v) is 1.46. The van der Waals surface area contributed by atoms with E-state index in [0.29, 0.717) is 5.88 Å². The molecule has 0 saturated carbocycles. The van der Waals surface area contributed by atoms with Crippen molar-refractivity contribution in [2.75, 3.05) is 0 Å². The number of pyridine rings is 1. The molecule has 0 unspecified atom stereocenters. The van der Waals surface area contributed by atoms with Crippen molar-refractivity contribution in [2.24, 2.45) is 0 Å². The van der Waals surface area contributed by atoms with Crippen molar-refractivity contribution in [1.82, 2.24) is 4.98 Å². The Morgan fingerprint density at radius 3 is 2.44 bits per heavy atom. The van der Waals surface area contributed by atoms with E-state index >= 15 is 0 Å². The van der Waals surface area contributed by atoms with Crippen molar-refractivity contribution < 1.29 is 4.74 Å². The van der Waals surface area contributed by atoms with Gasteiger partial charge in [0.2, 0.25) is 5.88 Å². The molecule has 2 aromatic rings. The predicted octanol–water partition coefficient (Wildman–Crippen LogP) is 3.80. The summed E-state index contributed by atoms with van der Waals surface area (Å²) >= 11 is 0. The van der Waals surface area contributed by atoms with Crippen LogP contribution in [0.1, 0.15) is 16.7 Å². The van der Waals surface area contributed by atoms with Crippen LogP contribution in [0.4, 0.5) is 0 Å². The minimum atomic E-state index is 0.642. The van der Waals surface area contributed by atoms with Gasteiger partial charge in [0.05, 0.1) is 0 Å². The second kappa shape index (κ2) is 4.35. The molecule has 0 fully saturated rings. The lowest BCUT2D eigenvalue weighted by Crippen LogP contribution is -1.89. The molecule has 0 spiro atoms. The van der Waals surface area contributed by atoms with E-state index in [4.69, 9.17) is 4.74 Å². The van der Waals surface area contributed by atoms with Crippen LogP contribution >= 0.6 is 0 Å². The quantitative estimate of drug-likeness (QED) is 0.757. The van der Waals surface area contributed by atoms with E-state index in [1.807, 2.05) is 31.2 Å². The molecule has 0 bridgehead atoms. The number of rotatable bonds is 2. The summed E-state index contributed by atoms with van der Waals surface area (Å²) in [6.07, 6.45) is 1.76. The molecule has 0 aliphatic carbocycles. The fourth-order valence-electron chi connectivity index (χ4n) is 1.46. The second-order valence-corrected chi connectivity index (χ2v) is 4.02. The molecule has 1 heterocycles. The van der Waals surface area contributed by atoms with Crippen LogP contribution in [0.25, 0.3) is 0 Å². The van der Waals surface area contributed by atoms with Crippen molar-refractivity contribution in [3.63, 3.8) is 0 Å². The number of benzene rings is 1. The fraction of sp³-hybridized carbons (Fsp3) is 0.214. The van der Waals surface area contributed by atoms with Gasteiger partial charge in [-0.3, -0.25) is 0 Å². The van der Waals surface area contributed by atoms with Gasteiger partial charge in [-0.05, 0) is 55.7 Å². The lowest BCUT2D eigenvalue weighted by atomic mass is 10.1. The molecule has 2 heteroatoms. The molecule has 0 aliphatic rings. The molecule has 0 saturated heterocycles. The molecule has 82 valence electrons. The third kappa shape index (κ3) is 2.40. The third-order valence-corrected chi connectivity index (χ3v) is 2.59. The second-order valence-electron chi connectivity index (χ2n) is 4.02. The zero-order valence-electron chi connectivity index (χ0n) is 9.82. The molecule has 2 nitrogen and oxygen atoms in total. The minimum absolute atomic E-state index is 0.642. The number of nitrogens with zero attached hydrogens (tertiary/aromatic N) is 1. The van der Waals surface area contributed by atoms with Crippen LogP contribution in [0.2, 0.25) is 0 Å². The highest BCUT2D eigenvalue weighted by atomic mass is 16.5. The van der Waals surface area contributed by atoms with E-state index in [9.17, 15) is 0 Å². The Morgan fingerprint density at radius 2 is 1.75 bits per heavy atom. The summed E-state index contributed by atoms with van der Waals surface area (Å²) in [6, 6.07) is 9.93. The van der Waals surface area contributed by atoms with Gasteiger partial charge < -0.3 is 4.74 Å². The van der Waals surface area contributed by atoms with Crippen LogP contribution in [0.15, 0.2) is 36.5 Å². The van der Waals surface area contributed by atoms with Crippen molar-refractivity contribution in [3.05, 3.63) is 53.2 Å². The molecule has 0 atom stereocenters. The Kier molecular flexibility index (Phi) is 2.91. The zero-order valence-corrected chi connectivity index (χ0v) is 9.82. The highest BCUT2D eigenvalue weighted by Crippen LogP contribution is 2.22. The molecule has 0 amide bonds. The van der Waals surface area contributed by atoms with Crippen molar-refractivity contribution in [2.45, 2.75) is 20.8 Å². The first-order valence-corrected chi connectivity index (χ1v) is 5.33. The molecular formula is C14H15NO. The molecule has 0 N–H and O–H groups in total. The lowest BCUT2D eigenvalue weighted by Gasteiger charge is -2.07. The van der Waals surface area contributed by atoms with Crippen LogP contribution in [-0.2, 0) is 0 Å². The standard InChI is InChI=1S/C14H15NO/c1-10-6-7-15-14(8-10)16-13-5-4-11(2)12(3)9-13/h4-9H,1-3H3. The number of aryl methyl sites for hydroxylation is 3. The molecule has 0 aliphatic heterocycles. The summed E-state index contributed by atoms with van der Waals surface area (Å²) in [5.74, 6) is 1.48. The third-order valence-electron chi connectivity index (χ3n) is 2.59. The first-order valence-electron chi connectivity index (χ1n) is 5.33. The Bertz CT molecular complexity index is 506. The summed E-state index contributed by atoms with van der Waals surface area (Å²) in [5, 5.41) is 0. The van der Waals surface area contributed by atoms with Crippen LogP contribution < -0.4 is 4.74 Å². The monoisotopic (exact) mass is 213 g/mol. The van der Waals surface area contributed by atoms with Gasteiger partial charge in [0.25, 0.3) is 0 Å². The Labute approximate surface area is 95.9 Å².